The highest BCUT2D eigenvalue weighted by Crippen LogP contribution is 2.18. The first-order valence-electron chi connectivity index (χ1n) is 9.07. The molecule has 0 aromatic heterocycles. The number of amides is 1. The fraction of sp³-hybridized carbons (Fsp3) is 0.550. The molecule has 124 valence electrons. The minimum Gasteiger partial charge on any atom is -0.348 e. The Morgan fingerprint density at radius 1 is 1.17 bits per heavy atom. The van der Waals surface area contributed by atoms with Gasteiger partial charge in [-0.15, -0.1) is 0 Å². The Bertz CT molecular complexity index is 538. The van der Waals surface area contributed by atoms with Crippen molar-refractivity contribution in [2.45, 2.75) is 51.0 Å². The Kier molecular flexibility index (Phi) is 5.87. The van der Waals surface area contributed by atoms with E-state index in [4.69, 9.17) is 0 Å². The molecule has 1 heterocycles. The highest BCUT2D eigenvalue weighted by molar-refractivity contribution is 5.93. The molecule has 1 N–H and O–H groups in total. The maximum atomic E-state index is 12.4. The normalized spacial score (nSPS) is 22.4. The molecule has 1 aromatic rings. The standard InChI is InChI=1S/C20H28N2O/c23-20(18-10-5-2-6-11-18)21-19-12-7-14-22(16-19)15-13-17-8-3-1-4-9-17/h1,3-4,8-10,19H,2,5-7,11-16H2,(H,21,23)/t19-/m1/s1. The lowest BCUT2D eigenvalue weighted by Gasteiger charge is -2.33. The lowest BCUT2D eigenvalue weighted by Crippen LogP contribution is -2.48. The van der Waals surface area contributed by atoms with Gasteiger partial charge in [0.05, 0.1) is 0 Å². The van der Waals surface area contributed by atoms with Crippen LogP contribution in [-0.2, 0) is 11.2 Å². The van der Waals surface area contributed by atoms with Gasteiger partial charge >= 0.3 is 0 Å². The van der Waals surface area contributed by atoms with Crippen molar-refractivity contribution in [3.05, 3.63) is 47.5 Å². The van der Waals surface area contributed by atoms with Crippen LogP contribution >= 0.6 is 0 Å². The molecule has 3 nitrogen and oxygen atoms in total. The summed E-state index contributed by atoms with van der Waals surface area (Å²) < 4.78 is 0. The molecule has 2 aliphatic rings. The Balaban J connectivity index is 1.46. The van der Waals surface area contributed by atoms with E-state index in [2.05, 4.69) is 46.6 Å². The maximum absolute atomic E-state index is 12.4. The van der Waals surface area contributed by atoms with Crippen LogP contribution in [0.2, 0.25) is 0 Å². The number of benzene rings is 1. The van der Waals surface area contributed by atoms with E-state index in [1.54, 1.807) is 0 Å². The number of carbonyl (C=O) groups is 1. The van der Waals surface area contributed by atoms with Crippen LogP contribution in [0.1, 0.15) is 44.1 Å². The summed E-state index contributed by atoms with van der Waals surface area (Å²) in [6, 6.07) is 11.0. The van der Waals surface area contributed by atoms with Crippen molar-refractivity contribution >= 4 is 5.91 Å². The van der Waals surface area contributed by atoms with E-state index in [1.807, 2.05) is 0 Å². The fourth-order valence-electron chi connectivity index (χ4n) is 3.63. The number of likely N-dealkylation sites (tertiary alicyclic amines) is 1. The molecular formula is C20H28N2O. The van der Waals surface area contributed by atoms with Gasteiger partial charge in [0.15, 0.2) is 0 Å². The molecule has 1 aliphatic heterocycles. The molecule has 1 atom stereocenters. The van der Waals surface area contributed by atoms with E-state index in [-0.39, 0.29) is 5.91 Å². The van der Waals surface area contributed by atoms with Gasteiger partial charge in [-0.3, -0.25) is 4.79 Å². The molecule has 1 aliphatic carbocycles. The van der Waals surface area contributed by atoms with E-state index in [0.717, 1.165) is 57.3 Å². The van der Waals surface area contributed by atoms with Crippen molar-refractivity contribution in [3.63, 3.8) is 0 Å². The second-order valence-corrected chi connectivity index (χ2v) is 6.82. The predicted molar refractivity (Wildman–Crippen MR) is 94.3 cm³/mol. The number of nitrogens with one attached hydrogen (secondary N) is 1. The molecule has 0 radical (unpaired) electrons. The summed E-state index contributed by atoms with van der Waals surface area (Å²) in [6.07, 6.45) is 9.93. The number of nitrogens with zero attached hydrogens (tertiary/aromatic N) is 1. The highest BCUT2D eigenvalue weighted by Gasteiger charge is 2.22. The zero-order valence-corrected chi connectivity index (χ0v) is 14.0. The SMILES string of the molecule is O=C(N[C@@H]1CCCN(CCc2ccccc2)C1)C1=CCCCC1. The van der Waals surface area contributed by atoms with Crippen molar-refractivity contribution in [3.8, 4) is 0 Å². The third-order valence-corrected chi connectivity index (χ3v) is 4.98. The first kappa shape index (κ1) is 16.3. The zero-order valence-electron chi connectivity index (χ0n) is 14.0. The van der Waals surface area contributed by atoms with E-state index in [9.17, 15) is 4.79 Å². The number of piperidine rings is 1. The lowest BCUT2D eigenvalue weighted by atomic mass is 9.98. The topological polar surface area (TPSA) is 32.3 Å². The van der Waals surface area contributed by atoms with Crippen LogP contribution in [0.15, 0.2) is 42.0 Å². The van der Waals surface area contributed by atoms with Gasteiger partial charge in [0.2, 0.25) is 5.91 Å². The van der Waals surface area contributed by atoms with E-state index >= 15 is 0 Å². The van der Waals surface area contributed by atoms with Crippen molar-refractivity contribution in [1.82, 2.24) is 10.2 Å². The third kappa shape index (κ3) is 4.93. The first-order valence-corrected chi connectivity index (χ1v) is 9.07. The van der Waals surface area contributed by atoms with Crippen molar-refractivity contribution in [2.75, 3.05) is 19.6 Å². The number of hydrogen-bond acceptors (Lipinski definition) is 2. The molecule has 1 aromatic carbocycles. The summed E-state index contributed by atoms with van der Waals surface area (Å²) in [4.78, 5) is 14.9. The highest BCUT2D eigenvalue weighted by atomic mass is 16.1. The average molecular weight is 312 g/mol. The Hall–Kier alpha value is -1.61. The second-order valence-electron chi connectivity index (χ2n) is 6.82. The monoisotopic (exact) mass is 312 g/mol. The van der Waals surface area contributed by atoms with Gasteiger partial charge in [0.1, 0.15) is 0 Å². The van der Waals surface area contributed by atoms with Gasteiger partial charge < -0.3 is 10.2 Å². The number of hydrogen-bond donors (Lipinski definition) is 1. The summed E-state index contributed by atoms with van der Waals surface area (Å²) >= 11 is 0. The molecule has 0 unspecified atom stereocenters. The van der Waals surface area contributed by atoms with Crippen LogP contribution in [0.3, 0.4) is 0 Å². The molecule has 1 saturated heterocycles. The van der Waals surface area contributed by atoms with Gasteiger partial charge in [-0.1, -0.05) is 36.4 Å². The molecule has 1 amide bonds. The summed E-state index contributed by atoms with van der Waals surface area (Å²) in [5.74, 6) is 0.180. The molecule has 23 heavy (non-hydrogen) atoms. The fourth-order valence-corrected chi connectivity index (χ4v) is 3.63. The quantitative estimate of drug-likeness (QED) is 0.904. The van der Waals surface area contributed by atoms with Gasteiger partial charge in [-0.2, -0.15) is 0 Å². The molecule has 0 bridgehead atoms. The third-order valence-electron chi connectivity index (χ3n) is 4.98. The smallest absolute Gasteiger partial charge is 0.247 e. The largest absolute Gasteiger partial charge is 0.348 e. The van der Waals surface area contributed by atoms with Crippen LogP contribution < -0.4 is 5.32 Å². The minimum atomic E-state index is 0.180. The number of allylic oxidation sites excluding steroid dienone is 1. The lowest BCUT2D eigenvalue weighted by molar-refractivity contribution is -0.118. The first-order chi connectivity index (χ1) is 11.3. The van der Waals surface area contributed by atoms with E-state index in [0.29, 0.717) is 6.04 Å². The predicted octanol–water partition coefficient (Wildman–Crippen LogP) is 3.31. The minimum absolute atomic E-state index is 0.180. The van der Waals surface area contributed by atoms with Crippen molar-refractivity contribution in [1.29, 1.82) is 0 Å². The maximum Gasteiger partial charge on any atom is 0.247 e. The Morgan fingerprint density at radius 3 is 2.83 bits per heavy atom. The van der Waals surface area contributed by atoms with Crippen LogP contribution in [0, 0.1) is 0 Å². The van der Waals surface area contributed by atoms with Crippen molar-refractivity contribution in [2.24, 2.45) is 0 Å². The van der Waals surface area contributed by atoms with Gasteiger partial charge in [0.25, 0.3) is 0 Å². The van der Waals surface area contributed by atoms with Crippen LogP contribution in [0.5, 0.6) is 0 Å². The van der Waals surface area contributed by atoms with Gasteiger partial charge in [-0.25, -0.2) is 0 Å². The molecule has 3 rings (SSSR count). The number of rotatable bonds is 5. The zero-order chi connectivity index (χ0) is 15.9. The van der Waals surface area contributed by atoms with Crippen LogP contribution in [-0.4, -0.2) is 36.5 Å². The van der Waals surface area contributed by atoms with Gasteiger partial charge in [0, 0.05) is 24.7 Å². The summed E-state index contributed by atoms with van der Waals surface area (Å²) in [5, 5.41) is 3.27. The van der Waals surface area contributed by atoms with E-state index in [1.165, 1.54) is 18.4 Å². The molecule has 1 fully saturated rings. The summed E-state index contributed by atoms with van der Waals surface area (Å²) in [7, 11) is 0. The molecule has 0 saturated carbocycles. The molecular weight excluding hydrogens is 284 g/mol. The summed E-state index contributed by atoms with van der Waals surface area (Å²) in [5.41, 5.74) is 2.41. The molecule has 3 heteroatoms. The number of carbonyl (C=O) groups excluding carboxylic acids is 1. The van der Waals surface area contributed by atoms with Crippen molar-refractivity contribution < 1.29 is 4.79 Å². The Labute approximate surface area is 139 Å². The van der Waals surface area contributed by atoms with Crippen LogP contribution in [0.25, 0.3) is 0 Å². The molecule has 0 spiro atoms. The second kappa shape index (κ2) is 8.30. The van der Waals surface area contributed by atoms with Crippen LogP contribution in [0.4, 0.5) is 0 Å². The van der Waals surface area contributed by atoms with Gasteiger partial charge in [-0.05, 0) is 57.1 Å². The average Bonchev–Trinajstić information content (AvgIpc) is 2.62. The van der Waals surface area contributed by atoms with E-state index < -0.39 is 0 Å². The Morgan fingerprint density at radius 2 is 2.04 bits per heavy atom. The summed E-state index contributed by atoms with van der Waals surface area (Å²) in [6.45, 7) is 3.23.